The second-order valence-corrected chi connectivity index (χ2v) is 18.9. The van der Waals surface area contributed by atoms with Crippen LogP contribution in [-0.4, -0.2) is 53.0 Å². The summed E-state index contributed by atoms with van der Waals surface area (Å²) in [7, 11) is -19.4. The Balaban J connectivity index is 0.00000310. The summed E-state index contributed by atoms with van der Waals surface area (Å²) in [6.07, 6.45) is 0. The topological polar surface area (TPSA) is 330 Å². The van der Waals surface area contributed by atoms with Crippen molar-refractivity contribution in [1.82, 2.24) is 0 Å². The largest absolute Gasteiger partial charge is 1.00 e. The van der Waals surface area contributed by atoms with Crippen molar-refractivity contribution < 1.29 is 200 Å². The van der Waals surface area contributed by atoms with Gasteiger partial charge in [0.1, 0.15) is 31.7 Å². The van der Waals surface area contributed by atoms with Gasteiger partial charge in [0.05, 0.1) is 55.0 Å². The standard InChI is InChI=1S/C30H22N2O18S6.4Na/c33-27-12-20(52-50-48-36)6-18-9-23(55(41,42)43)13-26(30(18)27)32-54(39,40)22-4-2-15-7-21(3-1-16(15)8-22)53(37,38)31-25-11-19(51-49-47-35)5-17-10-24(56(44,45)46)14-28(34)29(17)25;;;;/h1-14,31-36H,(H,41,42,43)(H,44,45,46);;;;/q;4*+1/p-4. The first kappa shape index (κ1) is 55.6. The van der Waals surface area contributed by atoms with Crippen LogP contribution < -0.4 is 138 Å². The van der Waals surface area contributed by atoms with E-state index in [0.29, 0.717) is 36.2 Å². The van der Waals surface area contributed by atoms with Gasteiger partial charge in [-0.2, -0.15) is 8.67 Å². The molecule has 0 spiro atoms. The first-order valence-electron chi connectivity index (χ1n) is 14.6. The normalized spacial score (nSPS) is 11.9. The number of rotatable bonds is 14. The molecule has 6 aromatic rings. The zero-order chi connectivity index (χ0) is 40.8. The number of aromatic hydroxyl groups is 2. The van der Waals surface area contributed by atoms with E-state index in [1.54, 1.807) is 0 Å². The summed E-state index contributed by atoms with van der Waals surface area (Å²) in [6, 6.07) is 14.5. The van der Waals surface area contributed by atoms with Crippen LogP contribution >= 0.6 is 24.1 Å². The Labute approximate surface area is 437 Å². The smallest absolute Gasteiger partial charge is 0.744 e. The summed E-state index contributed by atoms with van der Waals surface area (Å²) in [5, 5.41) is 48.1. The van der Waals surface area contributed by atoms with E-state index in [9.17, 15) is 63.5 Å². The Kier molecular flexibility index (Phi) is 20.5. The van der Waals surface area contributed by atoms with Crippen LogP contribution in [0.2, 0.25) is 0 Å². The third-order valence-corrected chi connectivity index (χ3v) is 13.2. The van der Waals surface area contributed by atoms with Gasteiger partial charge in [-0.1, -0.05) is 12.1 Å². The van der Waals surface area contributed by atoms with Crippen molar-refractivity contribution in [3.8, 4) is 11.5 Å². The first-order chi connectivity index (χ1) is 26.2. The van der Waals surface area contributed by atoms with Gasteiger partial charge in [0.15, 0.2) is 0 Å². The Bertz CT molecular complexity index is 3040. The van der Waals surface area contributed by atoms with Crippen LogP contribution in [0.1, 0.15) is 0 Å². The molecule has 0 saturated carbocycles. The SMILES string of the molecule is O=S(=O)([O-])c1cc(O)c2c(NS(=O)(=O)c3ccc4cc(S(=O)(=O)Nc5cc(S(=O)(=O)[O-])cc6cc(SOO[O-])cc(O)c56)ccc4c3)cc(SOO[O-])cc2c1.[Na+].[Na+].[Na+].[Na+]. The predicted octanol–water partition coefficient (Wildman–Crippen LogP) is -9.56. The van der Waals surface area contributed by atoms with Gasteiger partial charge in [-0.25, -0.2) is 33.7 Å². The van der Waals surface area contributed by atoms with E-state index < -0.39 is 72.2 Å². The molecule has 6 aromatic carbocycles. The van der Waals surface area contributed by atoms with Gasteiger partial charge in [0, 0.05) is 20.6 Å². The van der Waals surface area contributed by atoms with Crippen molar-refractivity contribution in [1.29, 1.82) is 0 Å². The molecule has 0 aromatic heterocycles. The summed E-state index contributed by atoms with van der Waals surface area (Å²) in [5.74, 6) is -1.39. The average Bonchev–Trinajstić information content (AvgIpc) is 3.11. The van der Waals surface area contributed by atoms with Crippen molar-refractivity contribution in [2.45, 2.75) is 29.4 Å². The number of phenolic OH excluding ortho intramolecular Hbond substituents is 2. The van der Waals surface area contributed by atoms with Gasteiger partial charge >= 0.3 is 118 Å². The maximum atomic E-state index is 13.6. The summed E-state index contributed by atoms with van der Waals surface area (Å²) >= 11 is 0.624. The van der Waals surface area contributed by atoms with Crippen molar-refractivity contribution in [2.75, 3.05) is 9.44 Å². The number of anilines is 2. The van der Waals surface area contributed by atoms with Crippen molar-refractivity contribution in [2.24, 2.45) is 0 Å². The number of sulfonamides is 2. The van der Waals surface area contributed by atoms with E-state index in [0.717, 1.165) is 48.5 Å². The third-order valence-electron chi connectivity index (χ3n) is 7.74. The summed E-state index contributed by atoms with van der Waals surface area (Å²) in [6.45, 7) is 0. The minimum atomic E-state index is -5.17. The van der Waals surface area contributed by atoms with Gasteiger partial charge in [0.25, 0.3) is 20.0 Å². The minimum absolute atomic E-state index is 0. The molecule has 60 heavy (non-hydrogen) atoms. The van der Waals surface area contributed by atoms with Crippen LogP contribution in [-0.2, 0) is 59.0 Å². The van der Waals surface area contributed by atoms with Crippen molar-refractivity contribution in [3.05, 3.63) is 84.9 Å². The van der Waals surface area contributed by atoms with Crippen LogP contribution in [0.5, 0.6) is 11.5 Å². The summed E-state index contributed by atoms with van der Waals surface area (Å²) < 4.78 is 138. The molecule has 6 rings (SSSR count). The van der Waals surface area contributed by atoms with Crippen LogP contribution in [0, 0.1) is 0 Å². The molecule has 20 nitrogen and oxygen atoms in total. The maximum Gasteiger partial charge on any atom is 1.00 e. The first-order valence-corrected chi connectivity index (χ1v) is 21.9. The minimum Gasteiger partial charge on any atom is -0.744 e. The molecule has 0 amide bonds. The number of benzene rings is 6. The second kappa shape index (κ2) is 22.1. The van der Waals surface area contributed by atoms with E-state index in [4.69, 9.17) is 0 Å². The molecule has 0 heterocycles. The molecule has 0 radical (unpaired) electrons. The Hall–Kier alpha value is -0.520. The average molecular weight is 979 g/mol. The maximum absolute atomic E-state index is 13.6. The third kappa shape index (κ3) is 12.8. The molecule has 0 fully saturated rings. The van der Waals surface area contributed by atoms with Crippen molar-refractivity contribution in [3.63, 3.8) is 0 Å². The van der Waals surface area contributed by atoms with E-state index in [1.807, 2.05) is 0 Å². The number of hydrogen-bond acceptors (Lipinski definition) is 20. The molecule has 0 saturated heterocycles. The number of hydrogen-bond donors (Lipinski definition) is 4. The second-order valence-electron chi connectivity index (χ2n) is 11.3. The van der Waals surface area contributed by atoms with Gasteiger partial charge in [0.2, 0.25) is 0 Å². The van der Waals surface area contributed by atoms with Crippen LogP contribution in [0.3, 0.4) is 0 Å². The molecule has 0 aliphatic rings. The fourth-order valence-corrected chi connectivity index (χ4v) is 9.62. The number of fused-ring (bicyclic) bond motifs is 3. The summed E-state index contributed by atoms with van der Waals surface area (Å²) in [4.78, 5) is -2.53. The molecule has 0 atom stereocenters. The zero-order valence-corrected chi connectivity index (χ0v) is 43.9. The van der Waals surface area contributed by atoms with E-state index in [-0.39, 0.29) is 171 Å². The Morgan fingerprint density at radius 3 is 1.25 bits per heavy atom. The molecule has 30 heteroatoms. The molecule has 0 bridgehead atoms. The van der Waals surface area contributed by atoms with E-state index >= 15 is 0 Å². The quantitative estimate of drug-likeness (QED) is 0.0259. The predicted molar refractivity (Wildman–Crippen MR) is 189 cm³/mol. The molecule has 4 N–H and O–H groups in total. The number of phenols is 2. The fraction of sp³-hybridized carbons (Fsp3) is 0. The van der Waals surface area contributed by atoms with Gasteiger partial charge < -0.3 is 29.8 Å². The molecular weight excluding hydrogens is 961 g/mol. The van der Waals surface area contributed by atoms with E-state index in [2.05, 4.69) is 28.2 Å². The van der Waals surface area contributed by atoms with Crippen LogP contribution in [0.15, 0.2) is 114 Å². The molecule has 0 aliphatic carbocycles. The molecular formula is C30H18N2Na4O18S6. The van der Waals surface area contributed by atoms with Gasteiger partial charge in [-0.3, -0.25) is 19.5 Å². The summed E-state index contributed by atoms with van der Waals surface area (Å²) in [5.41, 5.74) is -0.856. The monoisotopic (exact) mass is 978 g/mol. The van der Waals surface area contributed by atoms with Gasteiger partial charge in [-0.15, -0.1) is 0 Å². The molecule has 0 aliphatic heterocycles. The zero-order valence-electron chi connectivity index (χ0n) is 31.0. The Morgan fingerprint density at radius 2 is 0.833 bits per heavy atom. The Morgan fingerprint density at radius 1 is 0.467 bits per heavy atom. The fourth-order valence-electron chi connectivity index (χ4n) is 5.47. The van der Waals surface area contributed by atoms with Crippen molar-refractivity contribution >= 4 is 108 Å². The number of nitrogens with one attached hydrogen (secondary N) is 2. The van der Waals surface area contributed by atoms with Crippen LogP contribution in [0.25, 0.3) is 32.3 Å². The van der Waals surface area contributed by atoms with Gasteiger partial charge in [-0.05, 0) is 94.3 Å². The van der Waals surface area contributed by atoms with E-state index in [1.165, 1.54) is 24.3 Å². The van der Waals surface area contributed by atoms with Crippen LogP contribution in [0.4, 0.5) is 11.4 Å². The molecule has 296 valence electrons. The molecule has 0 unspecified atom stereocenters.